The first-order valence-electron chi connectivity index (χ1n) is 12.1. The highest BCUT2D eigenvalue weighted by atomic mass is 16.4. The first kappa shape index (κ1) is 32.0. The Morgan fingerprint density at radius 1 is 0.585 bits per heavy atom. The molecule has 41 heavy (non-hydrogen) atoms. The van der Waals surface area contributed by atoms with Crippen molar-refractivity contribution >= 4 is 35.6 Å². The van der Waals surface area contributed by atoms with Gasteiger partial charge < -0.3 is 47.2 Å². The van der Waals surface area contributed by atoms with Crippen LogP contribution in [0.5, 0.6) is 11.5 Å². The van der Waals surface area contributed by atoms with Gasteiger partial charge >= 0.3 is 17.9 Å². The number of nitrogens with one attached hydrogen (secondary N) is 3. The SMILES string of the molecule is NC(Cc1ccc(O)cc1)C(=O)NC(CC(=O)O)C(=O)NC(CC(=O)O)C(=O)NC(Cc1ccc(O)cc1)C(=O)O. The van der Waals surface area contributed by atoms with Crippen LogP contribution >= 0.6 is 0 Å². The third-order valence-corrected chi connectivity index (χ3v) is 5.74. The number of benzene rings is 2. The average Bonchev–Trinajstić information content (AvgIpc) is 2.89. The van der Waals surface area contributed by atoms with Gasteiger partial charge in [-0.2, -0.15) is 0 Å². The first-order valence-corrected chi connectivity index (χ1v) is 12.1. The predicted molar refractivity (Wildman–Crippen MR) is 140 cm³/mol. The molecule has 4 atom stereocenters. The quantitative estimate of drug-likeness (QED) is 0.120. The Labute approximate surface area is 233 Å². The monoisotopic (exact) mass is 574 g/mol. The number of amides is 3. The molecule has 220 valence electrons. The average molecular weight is 575 g/mol. The summed E-state index contributed by atoms with van der Waals surface area (Å²) in [5.41, 5.74) is 6.85. The number of phenols is 2. The van der Waals surface area contributed by atoms with Gasteiger partial charge in [0.15, 0.2) is 0 Å². The molecule has 3 amide bonds. The van der Waals surface area contributed by atoms with E-state index in [0.717, 1.165) is 0 Å². The van der Waals surface area contributed by atoms with Gasteiger partial charge in [-0.1, -0.05) is 24.3 Å². The lowest BCUT2D eigenvalue weighted by atomic mass is 10.0. The molecular weight excluding hydrogens is 544 g/mol. The normalized spacial score (nSPS) is 13.6. The standard InChI is InChI=1S/C26H30N4O11/c27-17(9-13-1-5-15(31)6-2-13)23(37)28-18(11-21(33)34)24(38)29-19(12-22(35)36)25(39)30-20(26(40)41)10-14-3-7-16(32)8-4-14/h1-8,17-20,31-32H,9-12,27H2,(H,28,37)(H,29,38)(H,30,39)(H,33,34)(H,35,36)(H,40,41). The second-order valence-electron chi connectivity index (χ2n) is 9.07. The van der Waals surface area contributed by atoms with Gasteiger partial charge in [0.05, 0.1) is 18.9 Å². The summed E-state index contributed by atoms with van der Waals surface area (Å²) in [5.74, 6) is -7.91. The second kappa shape index (κ2) is 14.8. The van der Waals surface area contributed by atoms with Gasteiger partial charge in [-0.15, -0.1) is 0 Å². The second-order valence-corrected chi connectivity index (χ2v) is 9.07. The van der Waals surface area contributed by atoms with Crippen LogP contribution in [0, 0.1) is 0 Å². The number of nitrogens with two attached hydrogens (primary N) is 1. The van der Waals surface area contributed by atoms with Crippen molar-refractivity contribution in [2.45, 2.75) is 49.9 Å². The van der Waals surface area contributed by atoms with Crippen molar-refractivity contribution in [2.75, 3.05) is 0 Å². The molecule has 0 saturated carbocycles. The summed E-state index contributed by atoms with van der Waals surface area (Å²) in [4.78, 5) is 72.8. The van der Waals surface area contributed by atoms with Crippen molar-refractivity contribution in [1.29, 1.82) is 0 Å². The van der Waals surface area contributed by atoms with Crippen molar-refractivity contribution in [2.24, 2.45) is 5.73 Å². The minimum Gasteiger partial charge on any atom is -0.508 e. The van der Waals surface area contributed by atoms with Crippen LogP contribution in [0.1, 0.15) is 24.0 Å². The maximum Gasteiger partial charge on any atom is 0.326 e. The van der Waals surface area contributed by atoms with Gasteiger partial charge in [0, 0.05) is 6.42 Å². The lowest BCUT2D eigenvalue weighted by Gasteiger charge is -2.24. The third kappa shape index (κ3) is 10.8. The summed E-state index contributed by atoms with van der Waals surface area (Å²) in [6.45, 7) is 0. The molecule has 0 aliphatic heterocycles. The molecule has 15 heteroatoms. The molecule has 0 aliphatic rings. The number of aromatic hydroxyl groups is 2. The van der Waals surface area contributed by atoms with Gasteiger partial charge in [0.2, 0.25) is 17.7 Å². The molecule has 0 saturated heterocycles. The van der Waals surface area contributed by atoms with E-state index in [2.05, 4.69) is 16.0 Å². The number of phenolic OH excluding ortho intramolecular Hbond substituents is 2. The Morgan fingerprint density at radius 3 is 1.34 bits per heavy atom. The predicted octanol–water partition coefficient (Wildman–Crippen LogP) is -1.30. The fourth-order valence-electron chi connectivity index (χ4n) is 3.64. The van der Waals surface area contributed by atoms with Crippen LogP contribution in [0.25, 0.3) is 0 Å². The number of aliphatic carboxylic acids is 3. The lowest BCUT2D eigenvalue weighted by molar-refractivity contribution is -0.145. The Kier molecular flexibility index (Phi) is 11.6. The molecule has 0 fully saturated rings. The largest absolute Gasteiger partial charge is 0.508 e. The van der Waals surface area contributed by atoms with E-state index >= 15 is 0 Å². The Bertz CT molecular complexity index is 1270. The Balaban J connectivity index is 2.14. The number of carboxylic acid groups (broad SMARTS) is 3. The summed E-state index contributed by atoms with van der Waals surface area (Å²) in [7, 11) is 0. The molecule has 0 radical (unpaired) electrons. The summed E-state index contributed by atoms with van der Waals surface area (Å²) >= 11 is 0. The molecular formula is C26H30N4O11. The van der Waals surface area contributed by atoms with E-state index in [1.54, 1.807) is 0 Å². The van der Waals surface area contributed by atoms with Gasteiger partial charge in [0.25, 0.3) is 0 Å². The topological polar surface area (TPSA) is 266 Å². The molecule has 2 aromatic carbocycles. The van der Waals surface area contributed by atoms with E-state index < -0.39 is 72.6 Å². The highest BCUT2D eigenvalue weighted by Crippen LogP contribution is 2.13. The number of rotatable bonds is 15. The summed E-state index contributed by atoms with van der Waals surface area (Å²) < 4.78 is 0. The van der Waals surface area contributed by atoms with E-state index in [4.69, 9.17) is 5.73 Å². The van der Waals surface area contributed by atoms with Crippen molar-refractivity contribution in [3.63, 3.8) is 0 Å². The number of hydrogen-bond donors (Lipinski definition) is 9. The first-order chi connectivity index (χ1) is 19.2. The lowest BCUT2D eigenvalue weighted by Crippen LogP contribution is -2.58. The Morgan fingerprint density at radius 2 is 0.951 bits per heavy atom. The minimum absolute atomic E-state index is 0.0139. The molecule has 10 N–H and O–H groups in total. The number of hydrogen-bond acceptors (Lipinski definition) is 9. The molecule has 15 nitrogen and oxygen atoms in total. The summed E-state index contributed by atoms with van der Waals surface area (Å²) in [6.07, 6.45) is -2.21. The molecule has 0 spiro atoms. The number of carbonyl (C=O) groups is 6. The van der Waals surface area contributed by atoms with Crippen LogP contribution in [-0.2, 0) is 41.6 Å². The van der Waals surface area contributed by atoms with Crippen molar-refractivity contribution in [3.05, 3.63) is 59.7 Å². The molecule has 2 aromatic rings. The van der Waals surface area contributed by atoms with Crippen molar-refractivity contribution < 1.29 is 54.3 Å². The van der Waals surface area contributed by atoms with Gasteiger partial charge in [-0.05, 0) is 41.8 Å². The number of carboxylic acids is 3. The van der Waals surface area contributed by atoms with Crippen LogP contribution in [0.2, 0.25) is 0 Å². The molecule has 0 aromatic heterocycles. The van der Waals surface area contributed by atoms with Gasteiger partial charge in [0.1, 0.15) is 29.6 Å². The molecule has 0 bridgehead atoms. The van der Waals surface area contributed by atoms with Crippen molar-refractivity contribution in [3.8, 4) is 11.5 Å². The zero-order valence-corrected chi connectivity index (χ0v) is 21.5. The molecule has 0 aliphatic carbocycles. The fraction of sp³-hybridized carbons (Fsp3) is 0.308. The zero-order valence-electron chi connectivity index (χ0n) is 21.5. The summed E-state index contributed by atoms with van der Waals surface area (Å²) in [5, 5.41) is 53.1. The minimum atomic E-state index is -1.83. The van der Waals surface area contributed by atoms with Crippen molar-refractivity contribution in [1.82, 2.24) is 16.0 Å². The fourth-order valence-corrected chi connectivity index (χ4v) is 3.64. The van der Waals surface area contributed by atoms with Crippen LogP contribution in [0.15, 0.2) is 48.5 Å². The highest BCUT2D eigenvalue weighted by Gasteiger charge is 2.32. The third-order valence-electron chi connectivity index (χ3n) is 5.74. The Hall–Kier alpha value is -5.18. The zero-order chi connectivity index (χ0) is 30.7. The smallest absolute Gasteiger partial charge is 0.326 e. The molecule has 4 unspecified atom stereocenters. The van der Waals surface area contributed by atoms with Crippen LogP contribution in [-0.4, -0.2) is 85.3 Å². The summed E-state index contributed by atoms with van der Waals surface area (Å²) in [6, 6.07) is 4.80. The van der Waals surface area contributed by atoms with E-state index in [-0.39, 0.29) is 24.3 Å². The van der Waals surface area contributed by atoms with E-state index in [1.807, 2.05) is 0 Å². The van der Waals surface area contributed by atoms with E-state index in [9.17, 15) is 54.3 Å². The maximum absolute atomic E-state index is 12.9. The van der Waals surface area contributed by atoms with Gasteiger partial charge in [-0.25, -0.2) is 4.79 Å². The molecule has 0 heterocycles. The van der Waals surface area contributed by atoms with Gasteiger partial charge in [-0.3, -0.25) is 24.0 Å². The highest BCUT2D eigenvalue weighted by molar-refractivity contribution is 5.96. The number of carbonyl (C=O) groups excluding carboxylic acids is 3. The maximum atomic E-state index is 12.9. The van der Waals surface area contributed by atoms with Crippen LogP contribution in [0.3, 0.4) is 0 Å². The van der Waals surface area contributed by atoms with E-state index in [1.165, 1.54) is 48.5 Å². The van der Waals surface area contributed by atoms with E-state index in [0.29, 0.717) is 11.1 Å². The molecule has 2 rings (SSSR count). The van der Waals surface area contributed by atoms with Crippen LogP contribution < -0.4 is 21.7 Å². The van der Waals surface area contributed by atoms with Crippen LogP contribution in [0.4, 0.5) is 0 Å².